The first-order valence-corrected chi connectivity index (χ1v) is 10.3. The highest BCUT2D eigenvalue weighted by Gasteiger charge is 2.34. The second-order valence-electron chi connectivity index (χ2n) is 8.37. The minimum Gasteiger partial charge on any atom is -0.391 e. The van der Waals surface area contributed by atoms with Crippen LogP contribution in [0.15, 0.2) is 48.7 Å². The molecule has 4 heteroatoms. The molecule has 29 heavy (non-hydrogen) atoms. The van der Waals surface area contributed by atoms with Gasteiger partial charge < -0.3 is 10.0 Å². The third-order valence-electron chi connectivity index (χ3n) is 6.15. The van der Waals surface area contributed by atoms with Crippen molar-refractivity contribution in [3.8, 4) is 0 Å². The molecule has 1 aliphatic heterocycles. The van der Waals surface area contributed by atoms with Crippen LogP contribution in [-0.2, 0) is 17.6 Å². The molecule has 4 nitrogen and oxygen atoms in total. The van der Waals surface area contributed by atoms with Crippen molar-refractivity contribution >= 4 is 16.8 Å². The fourth-order valence-corrected chi connectivity index (χ4v) is 4.63. The molecule has 3 aromatic rings. The first kappa shape index (κ1) is 19.6. The number of aliphatic hydroxyl groups is 1. The topological polar surface area (TPSA) is 53.4 Å². The van der Waals surface area contributed by atoms with Crippen LogP contribution in [0.4, 0.5) is 0 Å². The molecule has 1 aliphatic rings. The highest BCUT2D eigenvalue weighted by atomic mass is 16.3. The van der Waals surface area contributed by atoms with E-state index in [1.54, 1.807) is 0 Å². The van der Waals surface area contributed by atoms with E-state index in [1.165, 1.54) is 11.1 Å². The summed E-state index contributed by atoms with van der Waals surface area (Å²) < 4.78 is 0. The summed E-state index contributed by atoms with van der Waals surface area (Å²) in [7, 11) is 0. The van der Waals surface area contributed by atoms with E-state index in [4.69, 9.17) is 0 Å². The summed E-state index contributed by atoms with van der Waals surface area (Å²) in [4.78, 5) is 19.2. The molecule has 0 bridgehead atoms. The Balaban J connectivity index is 1.48. The Labute approximate surface area is 172 Å². The number of para-hydroxylation sites is 1. The number of hydrogen-bond donors (Lipinski definition) is 1. The van der Waals surface area contributed by atoms with Gasteiger partial charge in [0.05, 0.1) is 18.0 Å². The predicted molar refractivity (Wildman–Crippen MR) is 116 cm³/mol. The van der Waals surface area contributed by atoms with Gasteiger partial charge >= 0.3 is 0 Å². The Morgan fingerprint density at radius 2 is 1.83 bits per heavy atom. The van der Waals surface area contributed by atoms with E-state index < -0.39 is 6.10 Å². The van der Waals surface area contributed by atoms with Crippen LogP contribution >= 0.6 is 0 Å². The molecule has 2 atom stereocenters. The number of nitrogens with zero attached hydrogens (tertiary/aromatic N) is 2. The van der Waals surface area contributed by atoms with Crippen LogP contribution in [0.5, 0.6) is 0 Å². The van der Waals surface area contributed by atoms with Crippen LogP contribution in [0.1, 0.15) is 27.8 Å². The molecule has 0 unspecified atom stereocenters. The van der Waals surface area contributed by atoms with Gasteiger partial charge in [0.25, 0.3) is 0 Å². The van der Waals surface area contributed by atoms with Crippen molar-refractivity contribution in [1.82, 2.24) is 9.88 Å². The molecule has 0 spiro atoms. The number of carbonyl (C=O) groups is 1. The maximum absolute atomic E-state index is 13.0. The normalized spacial score (nSPS) is 19.1. The molecule has 1 saturated heterocycles. The number of benzene rings is 2. The number of aryl methyl sites for hydroxylation is 3. The number of fused-ring (bicyclic) bond motifs is 1. The van der Waals surface area contributed by atoms with Crippen LogP contribution in [0.2, 0.25) is 0 Å². The quantitative estimate of drug-likeness (QED) is 0.740. The van der Waals surface area contributed by atoms with Crippen molar-refractivity contribution in [3.63, 3.8) is 0 Å². The van der Waals surface area contributed by atoms with Crippen molar-refractivity contribution < 1.29 is 9.90 Å². The summed E-state index contributed by atoms with van der Waals surface area (Å²) in [5.41, 5.74) is 6.80. The van der Waals surface area contributed by atoms with Crippen LogP contribution in [-0.4, -0.2) is 40.1 Å². The molecule has 0 radical (unpaired) electrons. The number of β-amino-alcohol motifs (C(OH)–C–C–N with tert-alkyl or cyclic N) is 1. The van der Waals surface area contributed by atoms with Crippen LogP contribution < -0.4 is 0 Å². The average Bonchev–Trinajstić information content (AvgIpc) is 3.05. The van der Waals surface area contributed by atoms with Crippen molar-refractivity contribution in [2.75, 3.05) is 13.1 Å². The van der Waals surface area contributed by atoms with Gasteiger partial charge in [-0.25, -0.2) is 0 Å². The molecule has 1 amide bonds. The minimum atomic E-state index is -0.494. The lowest BCUT2D eigenvalue weighted by Gasteiger charge is -2.18. The molecular weight excluding hydrogens is 360 g/mol. The first-order valence-electron chi connectivity index (χ1n) is 10.3. The number of pyridine rings is 1. The van der Waals surface area contributed by atoms with E-state index in [0.717, 1.165) is 34.0 Å². The summed E-state index contributed by atoms with van der Waals surface area (Å²) in [5, 5.41) is 11.8. The highest BCUT2D eigenvalue weighted by Crippen LogP contribution is 2.26. The first-order chi connectivity index (χ1) is 13.9. The predicted octanol–water partition coefficient (Wildman–Crippen LogP) is 3.76. The number of carbonyl (C=O) groups excluding carboxylic acids is 1. The molecule has 0 aliphatic carbocycles. The smallest absolute Gasteiger partial charge is 0.227 e. The second-order valence-corrected chi connectivity index (χ2v) is 8.37. The summed E-state index contributed by atoms with van der Waals surface area (Å²) in [5.74, 6) is 0.145. The van der Waals surface area contributed by atoms with Crippen molar-refractivity contribution in [3.05, 3.63) is 76.5 Å². The highest BCUT2D eigenvalue weighted by molar-refractivity contribution is 5.82. The number of amides is 1. The average molecular weight is 389 g/mol. The maximum Gasteiger partial charge on any atom is 0.227 e. The number of hydrogen-bond acceptors (Lipinski definition) is 3. The Kier molecular flexibility index (Phi) is 5.37. The van der Waals surface area contributed by atoms with Crippen molar-refractivity contribution in [2.24, 2.45) is 5.92 Å². The number of rotatable bonds is 4. The molecule has 2 aromatic carbocycles. The summed E-state index contributed by atoms with van der Waals surface area (Å²) >= 11 is 0. The third kappa shape index (κ3) is 4.03. The van der Waals surface area contributed by atoms with Gasteiger partial charge in [-0.2, -0.15) is 0 Å². The standard InChI is InChI=1S/C25H28N2O2/c1-16-10-17(2)22(18(3)11-16)13-25(29)27-14-20(24(28)15-27)12-19-8-9-26-23-7-5-4-6-21(19)23/h4-11,20,24,28H,12-15H2,1-3H3/t20-,24-/m1/s1. The fraction of sp³-hybridized carbons (Fsp3) is 0.360. The van der Waals surface area contributed by atoms with Gasteiger partial charge in [0.2, 0.25) is 5.91 Å². The molecule has 150 valence electrons. The van der Waals surface area contributed by atoms with Crippen molar-refractivity contribution in [1.29, 1.82) is 0 Å². The Hall–Kier alpha value is -2.72. The second kappa shape index (κ2) is 7.96. The van der Waals surface area contributed by atoms with Gasteiger partial charge in [-0.3, -0.25) is 9.78 Å². The van der Waals surface area contributed by atoms with Gasteiger partial charge in [0, 0.05) is 30.6 Å². The fourth-order valence-electron chi connectivity index (χ4n) is 4.63. The summed E-state index contributed by atoms with van der Waals surface area (Å²) in [6, 6.07) is 14.4. The zero-order valence-corrected chi connectivity index (χ0v) is 17.4. The van der Waals surface area contributed by atoms with Gasteiger partial charge in [-0.05, 0) is 61.6 Å². The number of likely N-dealkylation sites (tertiary alicyclic amines) is 1. The lowest BCUT2D eigenvalue weighted by atomic mass is 9.94. The molecule has 1 aromatic heterocycles. The van der Waals surface area contributed by atoms with Crippen molar-refractivity contribution in [2.45, 2.75) is 39.7 Å². The van der Waals surface area contributed by atoms with E-state index in [9.17, 15) is 9.90 Å². The van der Waals surface area contributed by atoms with E-state index in [2.05, 4.69) is 44.0 Å². The lowest BCUT2D eigenvalue weighted by Crippen LogP contribution is -2.31. The third-order valence-corrected chi connectivity index (χ3v) is 6.15. The van der Waals surface area contributed by atoms with E-state index in [-0.39, 0.29) is 11.8 Å². The van der Waals surface area contributed by atoms with Gasteiger partial charge in [-0.1, -0.05) is 35.9 Å². The Bertz CT molecular complexity index is 1030. The SMILES string of the molecule is Cc1cc(C)c(CC(=O)N2C[C@@H](Cc3ccnc4ccccc34)[C@H](O)C2)c(C)c1. The summed E-state index contributed by atoms with van der Waals surface area (Å²) in [6.07, 6.45) is 2.47. The molecule has 1 N–H and O–H groups in total. The van der Waals surface area contributed by atoms with E-state index >= 15 is 0 Å². The van der Waals surface area contributed by atoms with E-state index in [0.29, 0.717) is 19.5 Å². The Morgan fingerprint density at radius 3 is 2.59 bits per heavy atom. The maximum atomic E-state index is 13.0. The monoisotopic (exact) mass is 388 g/mol. The lowest BCUT2D eigenvalue weighted by molar-refractivity contribution is -0.129. The Morgan fingerprint density at radius 1 is 1.10 bits per heavy atom. The minimum absolute atomic E-state index is 0.0463. The zero-order chi connectivity index (χ0) is 20.5. The van der Waals surface area contributed by atoms with E-state index in [1.807, 2.05) is 35.4 Å². The molecular formula is C25H28N2O2. The van der Waals surface area contributed by atoms with Gasteiger partial charge in [0.1, 0.15) is 0 Å². The molecule has 4 rings (SSSR count). The molecule has 2 heterocycles. The number of aromatic nitrogens is 1. The van der Waals surface area contributed by atoms with Crippen LogP contribution in [0.3, 0.4) is 0 Å². The van der Waals surface area contributed by atoms with Gasteiger partial charge in [-0.15, -0.1) is 0 Å². The number of aliphatic hydroxyl groups excluding tert-OH is 1. The zero-order valence-electron chi connectivity index (χ0n) is 17.4. The van der Waals surface area contributed by atoms with Crippen LogP contribution in [0, 0.1) is 26.7 Å². The van der Waals surface area contributed by atoms with Gasteiger partial charge in [0.15, 0.2) is 0 Å². The molecule has 1 fully saturated rings. The summed E-state index contributed by atoms with van der Waals surface area (Å²) in [6.45, 7) is 7.23. The largest absolute Gasteiger partial charge is 0.391 e. The van der Waals surface area contributed by atoms with Crippen LogP contribution in [0.25, 0.3) is 10.9 Å². The molecule has 0 saturated carbocycles.